The first-order chi connectivity index (χ1) is 14.1. The quantitative estimate of drug-likeness (QED) is 0.322. The van der Waals surface area contributed by atoms with Gasteiger partial charge in [0.1, 0.15) is 6.04 Å². The van der Waals surface area contributed by atoms with Gasteiger partial charge in [0.25, 0.3) is 0 Å². The number of halogens is 1. The lowest BCUT2D eigenvalue weighted by Gasteiger charge is -2.30. The fourth-order valence-electron chi connectivity index (χ4n) is 2.47. The lowest BCUT2D eigenvalue weighted by atomic mass is 10.1. The minimum atomic E-state index is -3.79. The summed E-state index contributed by atoms with van der Waals surface area (Å²) in [4.78, 5) is 24.1. The van der Waals surface area contributed by atoms with E-state index in [1.54, 1.807) is 26.0 Å². The van der Waals surface area contributed by atoms with E-state index < -0.39 is 27.9 Å². The number of carbonyl (C=O) groups is 2. The third-order valence-corrected chi connectivity index (χ3v) is 7.45. The molecule has 13 heteroatoms. The van der Waals surface area contributed by atoms with Gasteiger partial charge in [-0.1, -0.05) is 47.7 Å². The number of amides is 1. The molecule has 9 nitrogen and oxygen atoms in total. The normalized spacial score (nSPS) is 12.3. The maximum absolute atomic E-state index is 12.9. The molecule has 1 aromatic carbocycles. The Hall–Kier alpha value is -1.89. The zero-order valence-corrected chi connectivity index (χ0v) is 19.9. The summed E-state index contributed by atoms with van der Waals surface area (Å²) in [5.74, 6) is -0.903. The van der Waals surface area contributed by atoms with E-state index in [9.17, 15) is 18.0 Å². The third kappa shape index (κ3) is 6.30. The van der Waals surface area contributed by atoms with Crippen LogP contribution in [0.1, 0.15) is 18.9 Å². The van der Waals surface area contributed by atoms with Crippen LogP contribution >= 0.6 is 34.7 Å². The SMILES string of the molecule is CC[C@@H](C(=O)Nc1nnc(SCC(=O)OC)s1)N(c1ccc(C)c(Cl)c1)S(C)(=O)=O. The van der Waals surface area contributed by atoms with Gasteiger partial charge in [0.05, 0.1) is 24.8 Å². The Morgan fingerprint density at radius 2 is 2.07 bits per heavy atom. The molecule has 0 aliphatic rings. The number of hydrogen-bond donors (Lipinski definition) is 1. The average molecular weight is 493 g/mol. The molecule has 30 heavy (non-hydrogen) atoms. The van der Waals surface area contributed by atoms with Gasteiger partial charge in [0, 0.05) is 5.02 Å². The van der Waals surface area contributed by atoms with Crippen LogP contribution in [0.5, 0.6) is 0 Å². The van der Waals surface area contributed by atoms with Gasteiger partial charge in [-0.25, -0.2) is 8.42 Å². The van der Waals surface area contributed by atoms with Gasteiger partial charge in [-0.15, -0.1) is 10.2 Å². The molecule has 0 aliphatic carbocycles. The molecule has 0 fully saturated rings. The Bertz CT molecular complexity index is 1030. The van der Waals surface area contributed by atoms with Gasteiger partial charge >= 0.3 is 5.97 Å². The maximum Gasteiger partial charge on any atom is 0.316 e. The first kappa shape index (κ1) is 24.4. The molecule has 1 atom stereocenters. The van der Waals surface area contributed by atoms with E-state index in [-0.39, 0.29) is 17.3 Å². The number of nitrogens with one attached hydrogen (secondary N) is 1. The third-order valence-electron chi connectivity index (χ3n) is 3.92. The summed E-state index contributed by atoms with van der Waals surface area (Å²) in [6.45, 7) is 3.50. The van der Waals surface area contributed by atoms with Crippen LogP contribution < -0.4 is 9.62 Å². The van der Waals surface area contributed by atoms with Crippen molar-refractivity contribution in [1.82, 2.24) is 10.2 Å². The van der Waals surface area contributed by atoms with E-state index in [2.05, 4.69) is 20.3 Å². The fraction of sp³-hybridized carbons (Fsp3) is 0.412. The summed E-state index contributed by atoms with van der Waals surface area (Å²) in [5, 5.41) is 11.0. The highest BCUT2D eigenvalue weighted by Crippen LogP contribution is 2.29. The molecule has 1 N–H and O–H groups in total. The van der Waals surface area contributed by atoms with Gasteiger partial charge in [0.15, 0.2) is 4.34 Å². The molecular formula is C17H21ClN4O5S3. The van der Waals surface area contributed by atoms with Crippen LogP contribution in [-0.2, 0) is 24.3 Å². The molecule has 0 saturated carbocycles. The van der Waals surface area contributed by atoms with Gasteiger partial charge in [0.2, 0.25) is 21.1 Å². The number of nitrogens with zero attached hydrogens (tertiary/aromatic N) is 3. The summed E-state index contributed by atoms with van der Waals surface area (Å²) in [5.41, 5.74) is 1.08. The summed E-state index contributed by atoms with van der Waals surface area (Å²) in [6, 6.07) is 3.79. The minimum absolute atomic E-state index is 0.0622. The molecule has 164 valence electrons. The van der Waals surface area contributed by atoms with Gasteiger partial charge < -0.3 is 4.74 Å². The number of methoxy groups -OCH3 is 1. The Morgan fingerprint density at radius 3 is 2.63 bits per heavy atom. The zero-order chi connectivity index (χ0) is 22.5. The number of thioether (sulfide) groups is 1. The lowest BCUT2D eigenvalue weighted by Crippen LogP contribution is -2.47. The Kier molecular flexibility index (Phi) is 8.47. The molecule has 2 aromatic rings. The maximum atomic E-state index is 12.9. The van der Waals surface area contributed by atoms with E-state index in [1.807, 2.05) is 0 Å². The number of aromatic nitrogens is 2. The smallest absolute Gasteiger partial charge is 0.316 e. The second kappa shape index (κ2) is 10.4. The Balaban J connectivity index is 2.23. The number of ether oxygens (including phenoxy) is 1. The van der Waals surface area contributed by atoms with E-state index >= 15 is 0 Å². The molecule has 0 radical (unpaired) electrons. The van der Waals surface area contributed by atoms with Crippen molar-refractivity contribution in [3.8, 4) is 0 Å². The largest absolute Gasteiger partial charge is 0.468 e. The second-order valence-electron chi connectivity index (χ2n) is 6.14. The van der Waals surface area contributed by atoms with E-state index in [0.717, 1.165) is 39.2 Å². The van der Waals surface area contributed by atoms with E-state index in [4.69, 9.17) is 11.6 Å². The van der Waals surface area contributed by atoms with E-state index in [1.165, 1.54) is 13.2 Å². The topological polar surface area (TPSA) is 119 Å². The van der Waals surface area contributed by atoms with Crippen LogP contribution in [0.4, 0.5) is 10.8 Å². The van der Waals surface area contributed by atoms with Crippen LogP contribution in [-0.4, -0.2) is 55.7 Å². The van der Waals surface area contributed by atoms with Gasteiger partial charge in [-0.3, -0.25) is 19.2 Å². The fourth-order valence-corrected chi connectivity index (χ4v) is 5.43. The van der Waals surface area contributed by atoms with Crippen molar-refractivity contribution < 1.29 is 22.7 Å². The highest BCUT2D eigenvalue weighted by atomic mass is 35.5. The van der Waals surface area contributed by atoms with Crippen molar-refractivity contribution in [1.29, 1.82) is 0 Å². The predicted octanol–water partition coefficient (Wildman–Crippen LogP) is 2.95. The molecule has 0 unspecified atom stereocenters. The molecule has 2 rings (SSSR count). The van der Waals surface area contributed by atoms with E-state index in [0.29, 0.717) is 15.0 Å². The van der Waals surface area contributed by atoms with Crippen molar-refractivity contribution in [3.63, 3.8) is 0 Å². The monoisotopic (exact) mass is 492 g/mol. The van der Waals surface area contributed by atoms with Crippen LogP contribution in [0.2, 0.25) is 5.02 Å². The number of carbonyl (C=O) groups excluding carboxylic acids is 2. The van der Waals surface area contributed by atoms with Gasteiger partial charge in [-0.05, 0) is 31.0 Å². The number of aryl methyl sites for hydroxylation is 1. The summed E-state index contributed by atoms with van der Waals surface area (Å²) in [7, 11) is -2.50. The van der Waals surface area contributed by atoms with Crippen molar-refractivity contribution in [2.45, 2.75) is 30.6 Å². The van der Waals surface area contributed by atoms with Crippen molar-refractivity contribution in [2.75, 3.05) is 28.7 Å². The molecule has 0 spiro atoms. The van der Waals surface area contributed by atoms with Crippen LogP contribution in [0.25, 0.3) is 0 Å². The summed E-state index contributed by atoms with van der Waals surface area (Å²) < 4.78 is 31.1. The highest BCUT2D eigenvalue weighted by Gasteiger charge is 2.32. The molecular weight excluding hydrogens is 472 g/mol. The van der Waals surface area contributed by atoms with Crippen LogP contribution in [0, 0.1) is 6.92 Å². The molecule has 0 aliphatic heterocycles. The van der Waals surface area contributed by atoms with Crippen molar-refractivity contribution in [3.05, 3.63) is 28.8 Å². The average Bonchev–Trinajstić information content (AvgIpc) is 3.12. The molecule has 0 saturated heterocycles. The first-order valence-electron chi connectivity index (χ1n) is 8.66. The summed E-state index contributed by atoms with van der Waals surface area (Å²) in [6.07, 6.45) is 1.25. The highest BCUT2D eigenvalue weighted by molar-refractivity contribution is 8.01. The van der Waals surface area contributed by atoms with Crippen LogP contribution in [0.3, 0.4) is 0 Å². The van der Waals surface area contributed by atoms with Gasteiger partial charge in [-0.2, -0.15) is 0 Å². The first-order valence-corrected chi connectivity index (χ1v) is 12.7. The number of esters is 1. The summed E-state index contributed by atoms with van der Waals surface area (Å²) >= 11 is 8.35. The number of anilines is 2. The minimum Gasteiger partial charge on any atom is -0.468 e. The Labute approximate surface area is 188 Å². The predicted molar refractivity (Wildman–Crippen MR) is 119 cm³/mol. The van der Waals surface area contributed by atoms with Crippen LogP contribution in [0.15, 0.2) is 22.5 Å². The molecule has 1 aromatic heterocycles. The second-order valence-corrected chi connectivity index (χ2v) is 10.6. The number of benzene rings is 1. The van der Waals surface area contributed by atoms with Crippen molar-refractivity contribution in [2.24, 2.45) is 0 Å². The zero-order valence-electron chi connectivity index (χ0n) is 16.7. The number of rotatable bonds is 9. The lowest BCUT2D eigenvalue weighted by molar-refractivity contribution is -0.137. The number of hydrogen-bond acceptors (Lipinski definition) is 9. The number of sulfonamides is 1. The standard InChI is InChI=1S/C17H21ClN4O5S3/c1-5-13(22(30(4,25)26)11-7-6-10(2)12(18)8-11)15(24)19-16-20-21-17(29-16)28-9-14(23)27-3/h6-8,13H,5,9H2,1-4H3,(H,19,20,24)/t13-/m0/s1. The molecule has 0 bridgehead atoms. The molecule has 1 heterocycles. The molecule has 1 amide bonds. The Morgan fingerprint density at radius 1 is 1.37 bits per heavy atom. The van der Waals surface area contributed by atoms with Crippen molar-refractivity contribution >= 4 is 67.4 Å².